The molecule has 0 amide bonds. The first-order chi connectivity index (χ1) is 8.65. The highest BCUT2D eigenvalue weighted by atomic mass is 19.1. The molecule has 1 aromatic heterocycles. The Hall–Kier alpha value is -2.37. The van der Waals surface area contributed by atoms with Crippen LogP contribution in [0, 0.1) is 5.82 Å². The number of benzene rings is 1. The fraction of sp³-hybridized carbons (Fsp3) is 0.167. The van der Waals surface area contributed by atoms with Crippen LogP contribution in [0.25, 0.3) is 11.3 Å². The number of hydrogen-bond acceptors (Lipinski definition) is 4. The van der Waals surface area contributed by atoms with E-state index in [1.165, 1.54) is 12.1 Å². The smallest absolute Gasteiger partial charge is 0.358 e. The van der Waals surface area contributed by atoms with Crippen LogP contribution in [0.5, 0.6) is 5.75 Å². The number of rotatable bonds is 2. The van der Waals surface area contributed by atoms with E-state index in [-0.39, 0.29) is 17.0 Å². The molecular weight excluding hydrogens is 241 g/mol. The van der Waals surface area contributed by atoms with Crippen molar-refractivity contribution in [2.24, 2.45) is 0 Å². The molecular formula is C12H8FNO4. The van der Waals surface area contributed by atoms with Crippen LogP contribution in [0.15, 0.2) is 22.7 Å². The van der Waals surface area contributed by atoms with Crippen molar-refractivity contribution in [1.82, 2.24) is 5.16 Å². The van der Waals surface area contributed by atoms with Gasteiger partial charge in [-0.25, -0.2) is 9.18 Å². The molecule has 3 rings (SSSR count). The SMILES string of the molecule is O=C(O)c1cc(-c2cc3c(cc2F)OCC3)on1. The van der Waals surface area contributed by atoms with Gasteiger partial charge in [0.2, 0.25) is 0 Å². The summed E-state index contributed by atoms with van der Waals surface area (Å²) in [5.41, 5.74) is 0.820. The molecule has 2 aromatic rings. The second kappa shape index (κ2) is 3.83. The van der Waals surface area contributed by atoms with Crippen LogP contribution < -0.4 is 4.74 Å². The van der Waals surface area contributed by atoms with Gasteiger partial charge in [-0.2, -0.15) is 0 Å². The van der Waals surface area contributed by atoms with E-state index in [1.807, 2.05) is 0 Å². The first kappa shape index (κ1) is 10.8. The molecule has 1 aliphatic rings. The van der Waals surface area contributed by atoms with Crippen LogP contribution in [-0.2, 0) is 6.42 Å². The molecule has 0 atom stereocenters. The minimum atomic E-state index is -1.21. The van der Waals surface area contributed by atoms with Crippen molar-refractivity contribution in [2.75, 3.05) is 6.61 Å². The Bertz CT molecular complexity index is 635. The van der Waals surface area contributed by atoms with Gasteiger partial charge in [0.25, 0.3) is 0 Å². The minimum Gasteiger partial charge on any atom is -0.493 e. The number of carboxylic acid groups (broad SMARTS) is 1. The number of hydrogen-bond donors (Lipinski definition) is 1. The zero-order valence-corrected chi connectivity index (χ0v) is 9.14. The van der Waals surface area contributed by atoms with Crippen molar-refractivity contribution in [1.29, 1.82) is 0 Å². The van der Waals surface area contributed by atoms with Crippen molar-refractivity contribution >= 4 is 5.97 Å². The lowest BCUT2D eigenvalue weighted by Crippen LogP contribution is -1.94. The van der Waals surface area contributed by atoms with Crippen molar-refractivity contribution in [3.05, 3.63) is 35.3 Å². The van der Waals surface area contributed by atoms with Crippen molar-refractivity contribution in [3.8, 4) is 17.1 Å². The van der Waals surface area contributed by atoms with Crippen LogP contribution in [-0.4, -0.2) is 22.8 Å². The maximum Gasteiger partial charge on any atom is 0.358 e. The van der Waals surface area contributed by atoms with Gasteiger partial charge < -0.3 is 14.4 Å². The third kappa shape index (κ3) is 1.62. The quantitative estimate of drug-likeness (QED) is 0.882. The molecule has 0 spiro atoms. The van der Waals surface area contributed by atoms with Crippen LogP contribution in [0.2, 0.25) is 0 Å². The highest BCUT2D eigenvalue weighted by Crippen LogP contribution is 2.33. The molecule has 0 aliphatic carbocycles. The molecule has 18 heavy (non-hydrogen) atoms. The van der Waals surface area contributed by atoms with Gasteiger partial charge in [-0.15, -0.1) is 0 Å². The van der Waals surface area contributed by atoms with Crippen LogP contribution >= 0.6 is 0 Å². The van der Waals surface area contributed by atoms with Gasteiger partial charge in [-0.05, 0) is 11.6 Å². The number of carbonyl (C=O) groups is 1. The number of fused-ring (bicyclic) bond motifs is 1. The van der Waals surface area contributed by atoms with Gasteiger partial charge in [-0.3, -0.25) is 0 Å². The molecule has 1 aliphatic heterocycles. The van der Waals surface area contributed by atoms with E-state index in [4.69, 9.17) is 14.4 Å². The molecule has 1 N–H and O–H groups in total. The van der Waals surface area contributed by atoms with Crippen molar-refractivity contribution in [2.45, 2.75) is 6.42 Å². The fourth-order valence-electron chi connectivity index (χ4n) is 1.89. The minimum absolute atomic E-state index is 0.0969. The molecule has 1 aromatic carbocycles. The Morgan fingerprint density at radius 2 is 2.22 bits per heavy atom. The van der Waals surface area contributed by atoms with Gasteiger partial charge in [0.1, 0.15) is 11.6 Å². The molecule has 0 unspecified atom stereocenters. The lowest BCUT2D eigenvalue weighted by molar-refractivity contribution is 0.0686. The summed E-state index contributed by atoms with van der Waals surface area (Å²) in [6.07, 6.45) is 0.697. The molecule has 0 fully saturated rings. The van der Waals surface area contributed by atoms with E-state index >= 15 is 0 Å². The Morgan fingerprint density at radius 3 is 2.94 bits per heavy atom. The van der Waals surface area contributed by atoms with E-state index in [9.17, 15) is 9.18 Å². The molecule has 0 bridgehead atoms. The topological polar surface area (TPSA) is 72.6 Å². The summed E-state index contributed by atoms with van der Waals surface area (Å²) in [6, 6.07) is 4.08. The van der Waals surface area contributed by atoms with Gasteiger partial charge in [-0.1, -0.05) is 5.16 Å². The highest BCUT2D eigenvalue weighted by molar-refractivity contribution is 5.86. The first-order valence-corrected chi connectivity index (χ1v) is 5.31. The van der Waals surface area contributed by atoms with Gasteiger partial charge in [0, 0.05) is 18.6 Å². The van der Waals surface area contributed by atoms with E-state index < -0.39 is 11.8 Å². The first-order valence-electron chi connectivity index (χ1n) is 5.31. The fourth-order valence-corrected chi connectivity index (χ4v) is 1.89. The van der Waals surface area contributed by atoms with E-state index in [1.54, 1.807) is 6.07 Å². The highest BCUT2D eigenvalue weighted by Gasteiger charge is 2.20. The summed E-state index contributed by atoms with van der Waals surface area (Å²) < 4.78 is 23.9. The Balaban J connectivity index is 2.08. The number of carboxylic acids is 1. The predicted octanol–water partition coefficient (Wildman–Crippen LogP) is 2.11. The summed E-state index contributed by atoms with van der Waals surface area (Å²) in [7, 11) is 0. The maximum atomic E-state index is 13.8. The summed E-state index contributed by atoms with van der Waals surface area (Å²) in [5, 5.41) is 12.1. The number of halogens is 1. The molecule has 0 radical (unpaired) electrons. The number of aromatic carboxylic acids is 1. The van der Waals surface area contributed by atoms with Gasteiger partial charge in [0.05, 0.1) is 12.2 Å². The largest absolute Gasteiger partial charge is 0.493 e. The summed E-state index contributed by atoms with van der Waals surface area (Å²) in [6.45, 7) is 0.523. The van der Waals surface area contributed by atoms with Gasteiger partial charge in [0.15, 0.2) is 11.5 Å². The van der Waals surface area contributed by atoms with Crippen molar-refractivity contribution < 1.29 is 23.6 Å². The molecule has 92 valence electrons. The lowest BCUT2D eigenvalue weighted by atomic mass is 10.1. The van der Waals surface area contributed by atoms with E-state index in [0.717, 1.165) is 5.56 Å². The normalized spacial score (nSPS) is 13.2. The number of nitrogens with zero attached hydrogens (tertiary/aromatic N) is 1. The third-order valence-corrected chi connectivity index (χ3v) is 2.77. The van der Waals surface area contributed by atoms with E-state index in [0.29, 0.717) is 18.8 Å². The Kier molecular flexibility index (Phi) is 2.29. The average molecular weight is 249 g/mol. The molecule has 0 saturated heterocycles. The Morgan fingerprint density at radius 1 is 1.39 bits per heavy atom. The summed E-state index contributed by atoms with van der Waals surface area (Å²) in [5.74, 6) is -1.12. The second-order valence-corrected chi connectivity index (χ2v) is 3.92. The zero-order valence-electron chi connectivity index (χ0n) is 9.14. The lowest BCUT2D eigenvalue weighted by Gasteiger charge is -2.02. The molecule has 5 nitrogen and oxygen atoms in total. The molecule has 6 heteroatoms. The predicted molar refractivity (Wildman–Crippen MR) is 58.1 cm³/mol. The third-order valence-electron chi connectivity index (χ3n) is 2.77. The molecule has 2 heterocycles. The van der Waals surface area contributed by atoms with Gasteiger partial charge >= 0.3 is 5.97 Å². The van der Waals surface area contributed by atoms with Crippen LogP contribution in [0.4, 0.5) is 4.39 Å². The van der Waals surface area contributed by atoms with E-state index in [2.05, 4.69) is 5.16 Å². The monoisotopic (exact) mass is 249 g/mol. The van der Waals surface area contributed by atoms with Crippen molar-refractivity contribution in [3.63, 3.8) is 0 Å². The second-order valence-electron chi connectivity index (χ2n) is 3.92. The molecule has 0 saturated carbocycles. The van der Waals surface area contributed by atoms with Crippen LogP contribution in [0.3, 0.4) is 0 Å². The number of aromatic nitrogens is 1. The standard InChI is InChI=1S/C12H8FNO4/c13-8-4-10-6(1-2-17-10)3-7(8)11-5-9(12(15)16)14-18-11/h3-5H,1-2H2,(H,15,16). The maximum absolute atomic E-state index is 13.8. The van der Waals surface area contributed by atoms with Crippen LogP contribution in [0.1, 0.15) is 16.1 Å². The zero-order chi connectivity index (χ0) is 12.7. The summed E-state index contributed by atoms with van der Waals surface area (Å²) >= 11 is 0. The number of ether oxygens (including phenoxy) is 1. The average Bonchev–Trinajstić information content (AvgIpc) is 2.94. The summed E-state index contributed by atoms with van der Waals surface area (Å²) in [4.78, 5) is 10.7. The Labute approximate surface area is 101 Å².